The van der Waals surface area contributed by atoms with Crippen molar-refractivity contribution in [3.05, 3.63) is 87.7 Å². The van der Waals surface area contributed by atoms with Gasteiger partial charge in [-0.25, -0.2) is 4.98 Å². The van der Waals surface area contributed by atoms with E-state index in [1.165, 1.54) is 30.4 Å². The summed E-state index contributed by atoms with van der Waals surface area (Å²) in [5.41, 5.74) is 0.559. The first-order valence-electron chi connectivity index (χ1n) is 9.71. The molecule has 0 saturated carbocycles. The summed E-state index contributed by atoms with van der Waals surface area (Å²) in [6.45, 7) is 0. The van der Waals surface area contributed by atoms with Gasteiger partial charge in [0.15, 0.2) is 10.9 Å². The molecule has 0 aliphatic carbocycles. The van der Waals surface area contributed by atoms with Crippen molar-refractivity contribution in [2.24, 2.45) is 0 Å². The average molecular weight is 502 g/mol. The van der Waals surface area contributed by atoms with Crippen LogP contribution in [-0.4, -0.2) is 21.7 Å². The highest BCUT2D eigenvalue weighted by molar-refractivity contribution is 7.22. The van der Waals surface area contributed by atoms with Crippen LogP contribution >= 0.6 is 11.3 Å². The molecule has 0 fully saturated rings. The fraction of sp³-hybridized carbons (Fsp3) is 0.0455. The number of carbonyl (C=O) groups excluding carboxylic acids is 2. The van der Waals surface area contributed by atoms with E-state index in [2.05, 4.69) is 15.6 Å². The van der Waals surface area contributed by atoms with Gasteiger partial charge in [0, 0.05) is 11.8 Å². The number of halogens is 3. The zero-order valence-corrected chi connectivity index (χ0v) is 18.1. The Morgan fingerprint density at radius 3 is 2.46 bits per heavy atom. The number of anilines is 2. The number of nitrogens with one attached hydrogen (secondary N) is 2. The number of hydrogen-bond donors (Lipinski definition) is 2. The van der Waals surface area contributed by atoms with Gasteiger partial charge in [-0.1, -0.05) is 23.5 Å². The number of alkyl halides is 3. The highest BCUT2D eigenvalue weighted by Gasteiger charge is 2.29. The third kappa shape index (κ3) is 5.70. The van der Waals surface area contributed by atoms with Crippen molar-refractivity contribution in [1.82, 2.24) is 4.98 Å². The number of furan rings is 1. The quantitative estimate of drug-likeness (QED) is 0.197. The second kappa shape index (κ2) is 9.38. The first-order valence-corrected chi connectivity index (χ1v) is 10.5. The van der Waals surface area contributed by atoms with Crippen molar-refractivity contribution in [1.29, 1.82) is 0 Å². The van der Waals surface area contributed by atoms with Crippen LogP contribution in [0.4, 0.5) is 29.9 Å². The Morgan fingerprint density at radius 2 is 1.80 bits per heavy atom. The van der Waals surface area contributed by atoms with E-state index in [-0.39, 0.29) is 10.9 Å². The highest BCUT2D eigenvalue weighted by Crippen LogP contribution is 2.30. The zero-order valence-electron chi connectivity index (χ0n) is 17.3. The van der Waals surface area contributed by atoms with Gasteiger partial charge in [-0.3, -0.25) is 25.0 Å². The minimum atomic E-state index is -4.44. The van der Waals surface area contributed by atoms with Crippen molar-refractivity contribution in [2.75, 3.05) is 10.6 Å². The Morgan fingerprint density at radius 1 is 1.06 bits per heavy atom. The molecule has 2 heterocycles. The van der Waals surface area contributed by atoms with E-state index in [1.807, 2.05) is 0 Å². The molecule has 0 aliphatic heterocycles. The van der Waals surface area contributed by atoms with Crippen LogP contribution in [0.5, 0.6) is 0 Å². The molecule has 178 valence electrons. The standard InChI is InChI=1S/C22H13F3N4O5S/c23-22(24,25)13-4-1-12(2-5-13)3-9-18(30)28-21-27-15-7-6-14(11-17(15)35-21)26-20(31)16-8-10-19(34-16)29(32)33/h1-11H,(H,26,31)(H,27,28,30)/b9-3+. The van der Waals surface area contributed by atoms with E-state index in [1.54, 1.807) is 18.2 Å². The lowest BCUT2D eigenvalue weighted by Gasteiger charge is -2.05. The molecule has 13 heteroatoms. The van der Waals surface area contributed by atoms with Crippen LogP contribution in [0.3, 0.4) is 0 Å². The minimum Gasteiger partial charge on any atom is -0.395 e. The third-order valence-corrected chi connectivity index (χ3v) is 5.47. The second-order valence-electron chi connectivity index (χ2n) is 6.99. The van der Waals surface area contributed by atoms with E-state index >= 15 is 0 Å². The number of thiazole rings is 1. The fourth-order valence-corrected chi connectivity index (χ4v) is 3.81. The van der Waals surface area contributed by atoms with Crippen LogP contribution < -0.4 is 10.6 Å². The van der Waals surface area contributed by atoms with Gasteiger partial charge in [0.2, 0.25) is 5.91 Å². The number of hydrogen-bond acceptors (Lipinski definition) is 7. The van der Waals surface area contributed by atoms with Crippen LogP contribution in [0.25, 0.3) is 16.3 Å². The molecule has 4 rings (SSSR count). The molecule has 35 heavy (non-hydrogen) atoms. The first kappa shape index (κ1) is 23.6. The van der Waals surface area contributed by atoms with Gasteiger partial charge in [0.1, 0.15) is 4.92 Å². The number of rotatable bonds is 6. The van der Waals surface area contributed by atoms with Gasteiger partial charge < -0.3 is 9.73 Å². The van der Waals surface area contributed by atoms with Crippen molar-refractivity contribution in [3.8, 4) is 0 Å². The Hall–Kier alpha value is -4.52. The number of carbonyl (C=O) groups is 2. The molecular formula is C22H13F3N4O5S. The largest absolute Gasteiger partial charge is 0.433 e. The molecule has 0 spiro atoms. The summed E-state index contributed by atoms with van der Waals surface area (Å²) in [6.07, 6.45) is -1.90. The summed E-state index contributed by atoms with van der Waals surface area (Å²) >= 11 is 1.13. The molecule has 4 aromatic rings. The number of benzene rings is 2. The molecule has 0 bridgehead atoms. The molecule has 0 unspecified atom stereocenters. The number of aromatic nitrogens is 1. The van der Waals surface area contributed by atoms with Gasteiger partial charge in [-0.05, 0) is 48.0 Å². The topological polar surface area (TPSA) is 127 Å². The number of nitrogens with zero attached hydrogens (tertiary/aromatic N) is 2. The SMILES string of the molecule is O=C(/C=C/c1ccc(C(F)(F)F)cc1)Nc1nc2ccc(NC(=O)c3ccc([N+](=O)[O-])o3)cc2s1. The normalized spacial score (nSPS) is 11.6. The summed E-state index contributed by atoms with van der Waals surface area (Å²) in [4.78, 5) is 38.6. The van der Waals surface area contributed by atoms with E-state index in [4.69, 9.17) is 4.42 Å². The maximum atomic E-state index is 12.6. The number of fused-ring (bicyclic) bond motifs is 1. The van der Waals surface area contributed by atoms with Crippen LogP contribution in [-0.2, 0) is 11.0 Å². The molecule has 2 amide bonds. The second-order valence-corrected chi connectivity index (χ2v) is 8.02. The van der Waals surface area contributed by atoms with Gasteiger partial charge in [-0.2, -0.15) is 13.2 Å². The van der Waals surface area contributed by atoms with Crippen LogP contribution in [0.2, 0.25) is 0 Å². The molecule has 2 aromatic carbocycles. The van der Waals surface area contributed by atoms with Gasteiger partial charge >= 0.3 is 12.1 Å². The van der Waals surface area contributed by atoms with Crippen molar-refractivity contribution in [3.63, 3.8) is 0 Å². The summed E-state index contributed by atoms with van der Waals surface area (Å²) in [5, 5.41) is 16.1. The summed E-state index contributed by atoms with van der Waals surface area (Å²) in [6, 6.07) is 11.4. The Kier molecular flexibility index (Phi) is 6.34. The number of nitro groups is 1. The smallest absolute Gasteiger partial charge is 0.395 e. The maximum absolute atomic E-state index is 12.6. The van der Waals surface area contributed by atoms with E-state index in [0.29, 0.717) is 21.5 Å². The molecular weight excluding hydrogens is 489 g/mol. The Balaban J connectivity index is 1.40. The third-order valence-electron chi connectivity index (χ3n) is 4.54. The Labute approximate surface area is 198 Å². The summed E-state index contributed by atoms with van der Waals surface area (Å²) in [5.74, 6) is -1.99. The predicted octanol–water partition coefficient (Wildman–Crippen LogP) is 5.72. The maximum Gasteiger partial charge on any atom is 0.433 e. The molecule has 9 nitrogen and oxygen atoms in total. The Bertz CT molecular complexity index is 1460. The lowest BCUT2D eigenvalue weighted by atomic mass is 10.1. The van der Waals surface area contributed by atoms with Gasteiger partial charge in [0.25, 0.3) is 5.91 Å². The molecule has 0 aliphatic rings. The minimum absolute atomic E-state index is 0.228. The molecule has 2 aromatic heterocycles. The molecule has 0 saturated heterocycles. The van der Waals surface area contributed by atoms with Gasteiger partial charge in [0.05, 0.1) is 21.8 Å². The lowest BCUT2D eigenvalue weighted by molar-refractivity contribution is -0.402. The predicted molar refractivity (Wildman–Crippen MR) is 122 cm³/mol. The van der Waals surface area contributed by atoms with E-state index < -0.39 is 34.4 Å². The summed E-state index contributed by atoms with van der Waals surface area (Å²) in [7, 11) is 0. The van der Waals surface area contributed by atoms with Crippen molar-refractivity contribution < 1.29 is 32.1 Å². The van der Waals surface area contributed by atoms with Crippen LogP contribution in [0, 0.1) is 10.1 Å². The van der Waals surface area contributed by atoms with Crippen molar-refractivity contribution in [2.45, 2.75) is 6.18 Å². The number of amides is 2. The van der Waals surface area contributed by atoms with E-state index in [0.717, 1.165) is 29.5 Å². The molecule has 0 radical (unpaired) electrons. The van der Waals surface area contributed by atoms with E-state index in [9.17, 15) is 32.9 Å². The van der Waals surface area contributed by atoms with Gasteiger partial charge in [-0.15, -0.1) is 0 Å². The fourth-order valence-electron chi connectivity index (χ4n) is 2.90. The lowest BCUT2D eigenvalue weighted by Crippen LogP contribution is -2.10. The zero-order chi connectivity index (χ0) is 25.2. The molecule has 0 atom stereocenters. The summed E-state index contributed by atoms with van der Waals surface area (Å²) < 4.78 is 43.4. The van der Waals surface area contributed by atoms with Crippen LogP contribution in [0.15, 0.2) is 65.1 Å². The first-order chi connectivity index (χ1) is 16.6. The van der Waals surface area contributed by atoms with Crippen LogP contribution in [0.1, 0.15) is 21.7 Å². The van der Waals surface area contributed by atoms with Crippen molar-refractivity contribution >= 4 is 56.1 Å². The monoisotopic (exact) mass is 502 g/mol. The molecule has 2 N–H and O–H groups in total. The highest BCUT2D eigenvalue weighted by atomic mass is 32.1. The average Bonchev–Trinajstić information content (AvgIpc) is 3.44.